The maximum atomic E-state index is 11.8. The van der Waals surface area contributed by atoms with Gasteiger partial charge in [-0.25, -0.2) is 9.59 Å². The highest BCUT2D eigenvalue weighted by Crippen LogP contribution is 2.13. The summed E-state index contributed by atoms with van der Waals surface area (Å²) in [5, 5.41) is 16.4. The van der Waals surface area contributed by atoms with E-state index in [9.17, 15) is 14.4 Å². The molecule has 0 aliphatic rings. The first-order valence-electron chi connectivity index (χ1n) is 8.48. The first kappa shape index (κ1) is 20.0. The molecule has 1 heterocycles. The molecule has 3 amide bonds. The molecule has 10 heteroatoms. The average molecular weight is 374 g/mol. The van der Waals surface area contributed by atoms with E-state index in [1.807, 2.05) is 38.1 Å². The molecule has 0 aliphatic carbocycles. The van der Waals surface area contributed by atoms with Gasteiger partial charge >= 0.3 is 12.0 Å². The number of aromatic nitrogens is 4. The van der Waals surface area contributed by atoms with Gasteiger partial charge in [0.05, 0.1) is 0 Å². The summed E-state index contributed by atoms with van der Waals surface area (Å²) in [6.07, 6.45) is 0.728. The molecular weight excluding hydrogens is 352 g/mol. The molecule has 1 aromatic heterocycles. The van der Waals surface area contributed by atoms with Crippen LogP contribution >= 0.6 is 0 Å². The SMILES string of the molecule is CC[C@@H](C)NC(=O)NC(=O)COC(=O)Cn1nnc(-c2ccc(C)cc2)n1. The van der Waals surface area contributed by atoms with Gasteiger partial charge in [-0.3, -0.25) is 10.1 Å². The summed E-state index contributed by atoms with van der Waals surface area (Å²) in [6, 6.07) is 6.83. The van der Waals surface area contributed by atoms with Crippen LogP contribution in [-0.2, 0) is 20.9 Å². The van der Waals surface area contributed by atoms with E-state index in [0.717, 1.165) is 22.3 Å². The van der Waals surface area contributed by atoms with Gasteiger partial charge < -0.3 is 10.1 Å². The van der Waals surface area contributed by atoms with Gasteiger partial charge in [-0.2, -0.15) is 4.80 Å². The van der Waals surface area contributed by atoms with Gasteiger partial charge in [-0.1, -0.05) is 36.8 Å². The zero-order chi connectivity index (χ0) is 19.8. The maximum absolute atomic E-state index is 11.8. The lowest BCUT2D eigenvalue weighted by Gasteiger charge is -2.11. The van der Waals surface area contributed by atoms with Gasteiger partial charge in [0.2, 0.25) is 5.82 Å². The quantitative estimate of drug-likeness (QED) is 0.687. The van der Waals surface area contributed by atoms with Gasteiger partial charge in [0, 0.05) is 11.6 Å². The summed E-state index contributed by atoms with van der Waals surface area (Å²) >= 11 is 0. The summed E-state index contributed by atoms with van der Waals surface area (Å²) in [5.41, 5.74) is 1.87. The van der Waals surface area contributed by atoms with E-state index in [1.165, 1.54) is 0 Å². The average Bonchev–Trinajstić information content (AvgIpc) is 3.08. The normalized spacial score (nSPS) is 11.5. The van der Waals surface area contributed by atoms with Crippen molar-refractivity contribution in [3.8, 4) is 11.4 Å². The minimum Gasteiger partial charge on any atom is -0.454 e. The van der Waals surface area contributed by atoms with E-state index in [2.05, 4.69) is 26.0 Å². The predicted octanol–water partition coefficient (Wildman–Crippen LogP) is 0.816. The number of rotatable bonds is 7. The van der Waals surface area contributed by atoms with Crippen molar-refractivity contribution >= 4 is 17.9 Å². The molecule has 144 valence electrons. The number of ether oxygens (including phenoxy) is 1. The third-order valence-electron chi connectivity index (χ3n) is 3.64. The van der Waals surface area contributed by atoms with Crippen LogP contribution in [0.15, 0.2) is 24.3 Å². The van der Waals surface area contributed by atoms with Crippen molar-refractivity contribution in [2.45, 2.75) is 39.8 Å². The summed E-state index contributed by atoms with van der Waals surface area (Å²) in [4.78, 5) is 36.0. The van der Waals surface area contributed by atoms with Crippen LogP contribution in [-0.4, -0.2) is 50.8 Å². The summed E-state index contributed by atoms with van der Waals surface area (Å²) in [6.45, 7) is 4.79. The number of tetrazole rings is 1. The third-order valence-corrected chi connectivity index (χ3v) is 3.64. The summed E-state index contributed by atoms with van der Waals surface area (Å²) in [5.74, 6) is -1.07. The number of hydrogen-bond acceptors (Lipinski definition) is 7. The summed E-state index contributed by atoms with van der Waals surface area (Å²) < 4.78 is 4.81. The maximum Gasteiger partial charge on any atom is 0.330 e. The van der Waals surface area contributed by atoms with Crippen LogP contribution in [0.3, 0.4) is 0 Å². The molecule has 1 atom stereocenters. The molecule has 0 spiro atoms. The Morgan fingerprint density at radius 1 is 1.22 bits per heavy atom. The Balaban J connectivity index is 1.78. The van der Waals surface area contributed by atoms with E-state index >= 15 is 0 Å². The van der Waals surface area contributed by atoms with Gasteiger partial charge in [0.1, 0.15) is 0 Å². The molecule has 0 radical (unpaired) electrons. The Morgan fingerprint density at radius 2 is 1.93 bits per heavy atom. The molecule has 0 saturated heterocycles. The van der Waals surface area contributed by atoms with E-state index in [4.69, 9.17) is 4.74 Å². The van der Waals surface area contributed by atoms with Gasteiger partial charge in [0.25, 0.3) is 5.91 Å². The lowest BCUT2D eigenvalue weighted by molar-refractivity contribution is -0.149. The summed E-state index contributed by atoms with van der Waals surface area (Å²) in [7, 11) is 0. The smallest absolute Gasteiger partial charge is 0.330 e. The fourth-order valence-corrected chi connectivity index (χ4v) is 1.96. The van der Waals surface area contributed by atoms with Crippen molar-refractivity contribution < 1.29 is 19.1 Å². The number of urea groups is 1. The zero-order valence-corrected chi connectivity index (χ0v) is 15.4. The number of aryl methyl sites for hydroxylation is 1. The van der Waals surface area contributed by atoms with Crippen molar-refractivity contribution in [3.63, 3.8) is 0 Å². The van der Waals surface area contributed by atoms with Crippen LogP contribution < -0.4 is 10.6 Å². The van der Waals surface area contributed by atoms with Gasteiger partial charge in [-0.15, -0.1) is 10.2 Å². The molecule has 2 rings (SSSR count). The highest BCUT2D eigenvalue weighted by atomic mass is 16.5. The molecule has 2 N–H and O–H groups in total. The second-order valence-corrected chi connectivity index (χ2v) is 6.00. The lowest BCUT2D eigenvalue weighted by Crippen LogP contribution is -2.44. The largest absolute Gasteiger partial charge is 0.454 e. The van der Waals surface area contributed by atoms with Crippen molar-refractivity contribution in [3.05, 3.63) is 29.8 Å². The molecule has 10 nitrogen and oxygen atoms in total. The molecule has 0 fully saturated rings. The molecule has 1 aromatic carbocycles. The van der Waals surface area contributed by atoms with Crippen LogP contribution in [0.5, 0.6) is 0 Å². The molecule has 0 bridgehead atoms. The van der Waals surface area contributed by atoms with Crippen LogP contribution in [0.1, 0.15) is 25.8 Å². The molecule has 27 heavy (non-hydrogen) atoms. The van der Waals surface area contributed by atoms with Crippen LogP contribution in [0, 0.1) is 6.92 Å². The number of hydrogen-bond donors (Lipinski definition) is 2. The van der Waals surface area contributed by atoms with Crippen molar-refractivity contribution in [2.75, 3.05) is 6.61 Å². The predicted molar refractivity (Wildman–Crippen MR) is 95.4 cm³/mol. The minimum atomic E-state index is -0.726. The van der Waals surface area contributed by atoms with Gasteiger partial charge in [0.15, 0.2) is 13.2 Å². The molecular formula is C17H22N6O4. The standard InChI is InChI=1S/C17H22N6O4/c1-4-12(3)18-17(26)19-14(24)10-27-15(25)9-23-21-16(20-22-23)13-7-5-11(2)6-8-13/h5-8,12H,4,9-10H2,1-3H3,(H2,18,19,24,26)/t12-/m1/s1. The molecule has 2 aromatic rings. The van der Waals surface area contributed by atoms with E-state index < -0.39 is 24.5 Å². The number of carbonyl (C=O) groups excluding carboxylic acids is 3. The Hall–Kier alpha value is -3.30. The Bertz CT molecular complexity index is 802. The Kier molecular flexibility index (Phi) is 6.98. The number of nitrogens with one attached hydrogen (secondary N) is 2. The fraction of sp³-hybridized carbons (Fsp3) is 0.412. The number of nitrogens with zero attached hydrogens (tertiary/aromatic N) is 4. The second kappa shape index (κ2) is 9.41. The Labute approximate surface area is 156 Å². The number of amides is 3. The van der Waals surface area contributed by atoms with Crippen molar-refractivity contribution in [2.24, 2.45) is 0 Å². The fourth-order valence-electron chi connectivity index (χ4n) is 1.96. The third kappa shape index (κ3) is 6.49. The molecule has 0 unspecified atom stereocenters. The number of imide groups is 1. The van der Waals surface area contributed by atoms with Crippen LogP contribution in [0.25, 0.3) is 11.4 Å². The molecule has 0 saturated carbocycles. The van der Waals surface area contributed by atoms with E-state index in [0.29, 0.717) is 5.82 Å². The minimum absolute atomic E-state index is 0.0681. The topological polar surface area (TPSA) is 128 Å². The Morgan fingerprint density at radius 3 is 2.59 bits per heavy atom. The number of esters is 1. The van der Waals surface area contributed by atoms with Crippen LogP contribution in [0.4, 0.5) is 4.79 Å². The van der Waals surface area contributed by atoms with E-state index in [1.54, 1.807) is 6.92 Å². The van der Waals surface area contributed by atoms with Crippen molar-refractivity contribution in [1.82, 2.24) is 30.8 Å². The first-order valence-corrected chi connectivity index (χ1v) is 8.48. The van der Waals surface area contributed by atoms with Crippen LogP contribution in [0.2, 0.25) is 0 Å². The highest BCUT2D eigenvalue weighted by molar-refractivity contribution is 5.95. The van der Waals surface area contributed by atoms with Crippen molar-refractivity contribution in [1.29, 1.82) is 0 Å². The number of benzene rings is 1. The zero-order valence-electron chi connectivity index (χ0n) is 15.4. The highest BCUT2D eigenvalue weighted by Gasteiger charge is 2.14. The lowest BCUT2D eigenvalue weighted by atomic mass is 10.1. The van der Waals surface area contributed by atoms with E-state index in [-0.39, 0.29) is 12.6 Å². The first-order chi connectivity index (χ1) is 12.9. The van der Waals surface area contributed by atoms with Gasteiger partial charge in [-0.05, 0) is 25.5 Å². The second-order valence-electron chi connectivity index (χ2n) is 6.00. The number of carbonyl (C=O) groups is 3. The monoisotopic (exact) mass is 374 g/mol. The molecule has 0 aliphatic heterocycles.